The van der Waals surface area contributed by atoms with Crippen molar-refractivity contribution in [1.29, 1.82) is 0 Å². The molecule has 5 nitrogen and oxygen atoms in total. The third-order valence-electron chi connectivity index (χ3n) is 3.22. The number of hydrogen-bond acceptors (Lipinski definition) is 3. The highest BCUT2D eigenvalue weighted by atomic mass is 35.5. The van der Waals surface area contributed by atoms with Crippen LogP contribution < -0.4 is 10.0 Å². The van der Waals surface area contributed by atoms with Gasteiger partial charge in [-0.1, -0.05) is 35.3 Å². The minimum Gasteiger partial charge on any atom is -0.346 e. The molecule has 2 aromatic rings. The fraction of sp³-hybridized carbons (Fsp3) is 0.188. The molecule has 8 heteroatoms. The Hall–Kier alpha value is -1.76. The molecule has 0 aliphatic carbocycles. The number of sulfonamides is 1. The molecule has 128 valence electrons. The third kappa shape index (κ3) is 5.12. The van der Waals surface area contributed by atoms with Gasteiger partial charge in [0.15, 0.2) is 0 Å². The van der Waals surface area contributed by atoms with Crippen LogP contribution in [0.15, 0.2) is 42.5 Å². The Morgan fingerprint density at radius 2 is 1.83 bits per heavy atom. The van der Waals surface area contributed by atoms with Crippen molar-refractivity contribution in [3.63, 3.8) is 0 Å². The topological polar surface area (TPSA) is 75.3 Å². The summed E-state index contributed by atoms with van der Waals surface area (Å²) in [6, 6.07) is 11.3. The summed E-state index contributed by atoms with van der Waals surface area (Å²) in [6.45, 7) is 1.83. The molecule has 0 bridgehead atoms. The Kier molecular flexibility index (Phi) is 5.74. The average molecular weight is 387 g/mol. The Bertz CT molecular complexity index is 869. The van der Waals surface area contributed by atoms with Gasteiger partial charge in [0, 0.05) is 10.6 Å². The van der Waals surface area contributed by atoms with E-state index in [1.165, 1.54) is 18.2 Å². The maximum Gasteiger partial charge on any atom is 0.251 e. The molecule has 0 aliphatic rings. The second kappa shape index (κ2) is 7.42. The first kappa shape index (κ1) is 18.6. The number of halogens is 2. The smallest absolute Gasteiger partial charge is 0.251 e. The zero-order chi connectivity index (χ0) is 17.9. The molecule has 0 saturated carbocycles. The molecule has 0 aromatic heterocycles. The molecule has 2 rings (SSSR count). The van der Waals surface area contributed by atoms with Crippen LogP contribution in [0, 0.1) is 0 Å². The summed E-state index contributed by atoms with van der Waals surface area (Å²) in [5.74, 6) is -0.351. The van der Waals surface area contributed by atoms with Crippen LogP contribution in [0.1, 0.15) is 28.9 Å². The van der Waals surface area contributed by atoms with Gasteiger partial charge < -0.3 is 5.32 Å². The zero-order valence-corrected chi connectivity index (χ0v) is 15.3. The lowest BCUT2D eigenvalue weighted by molar-refractivity contribution is 0.0940. The fourth-order valence-electron chi connectivity index (χ4n) is 2.08. The zero-order valence-electron chi connectivity index (χ0n) is 13.0. The molecule has 0 aliphatic heterocycles. The van der Waals surface area contributed by atoms with Crippen LogP contribution in [-0.4, -0.2) is 20.6 Å². The summed E-state index contributed by atoms with van der Waals surface area (Å²) in [6.07, 6.45) is 1.01. The monoisotopic (exact) mass is 386 g/mol. The highest BCUT2D eigenvalue weighted by Gasteiger charge is 2.14. The number of carbonyl (C=O) groups is 1. The normalized spacial score (nSPS) is 12.5. The van der Waals surface area contributed by atoms with E-state index in [2.05, 4.69) is 10.0 Å². The summed E-state index contributed by atoms with van der Waals surface area (Å²) in [7, 11) is -3.49. The van der Waals surface area contributed by atoms with Crippen molar-refractivity contribution >= 4 is 44.8 Å². The molecule has 0 saturated heterocycles. The lowest BCUT2D eigenvalue weighted by Gasteiger charge is -2.15. The SMILES string of the molecule is CC(NC(=O)c1ccc(Cl)c(NS(C)(=O)=O)c1)c1cccc(Cl)c1. The molecule has 0 heterocycles. The molecule has 0 spiro atoms. The van der Waals surface area contributed by atoms with E-state index >= 15 is 0 Å². The van der Waals surface area contributed by atoms with Crippen LogP contribution in [-0.2, 0) is 10.0 Å². The number of rotatable bonds is 5. The predicted molar refractivity (Wildman–Crippen MR) is 97.3 cm³/mol. The van der Waals surface area contributed by atoms with Gasteiger partial charge >= 0.3 is 0 Å². The highest BCUT2D eigenvalue weighted by molar-refractivity contribution is 7.92. The van der Waals surface area contributed by atoms with E-state index in [0.717, 1.165) is 11.8 Å². The number of hydrogen-bond donors (Lipinski definition) is 2. The Morgan fingerprint density at radius 1 is 1.12 bits per heavy atom. The lowest BCUT2D eigenvalue weighted by atomic mass is 10.1. The minimum absolute atomic E-state index is 0.155. The van der Waals surface area contributed by atoms with Crippen LogP contribution in [0.4, 0.5) is 5.69 Å². The van der Waals surface area contributed by atoms with Gasteiger partial charge in [-0.3, -0.25) is 9.52 Å². The second-order valence-corrected chi connectivity index (χ2v) is 7.91. The van der Waals surface area contributed by atoms with Gasteiger partial charge in [-0.05, 0) is 42.8 Å². The number of amides is 1. The van der Waals surface area contributed by atoms with Crippen molar-refractivity contribution in [3.05, 3.63) is 63.6 Å². The van der Waals surface area contributed by atoms with Gasteiger partial charge in [0.1, 0.15) is 0 Å². The number of nitrogens with one attached hydrogen (secondary N) is 2. The van der Waals surface area contributed by atoms with Crippen LogP contribution >= 0.6 is 23.2 Å². The summed E-state index contributed by atoms with van der Waals surface area (Å²) in [5.41, 5.74) is 1.31. The van der Waals surface area contributed by atoms with Gasteiger partial charge in [-0.15, -0.1) is 0 Å². The maximum atomic E-state index is 12.4. The summed E-state index contributed by atoms with van der Waals surface area (Å²) in [4.78, 5) is 12.4. The Morgan fingerprint density at radius 3 is 2.46 bits per heavy atom. The van der Waals surface area contributed by atoms with Gasteiger partial charge in [0.25, 0.3) is 5.91 Å². The van der Waals surface area contributed by atoms with Crippen LogP contribution in [0.5, 0.6) is 0 Å². The Balaban J connectivity index is 2.19. The van der Waals surface area contributed by atoms with Crippen molar-refractivity contribution in [2.45, 2.75) is 13.0 Å². The third-order valence-corrected chi connectivity index (χ3v) is 4.38. The molecule has 1 atom stereocenters. The molecular formula is C16H16Cl2N2O3S. The van der Waals surface area contributed by atoms with Crippen LogP contribution in [0.25, 0.3) is 0 Å². The minimum atomic E-state index is -3.49. The van der Waals surface area contributed by atoms with Gasteiger partial charge in [0.2, 0.25) is 10.0 Å². The van der Waals surface area contributed by atoms with Crippen molar-refractivity contribution in [2.75, 3.05) is 11.0 Å². The molecule has 1 amide bonds. The molecule has 24 heavy (non-hydrogen) atoms. The quantitative estimate of drug-likeness (QED) is 0.818. The van der Waals surface area contributed by atoms with Crippen molar-refractivity contribution < 1.29 is 13.2 Å². The second-order valence-electron chi connectivity index (χ2n) is 5.32. The van der Waals surface area contributed by atoms with E-state index in [9.17, 15) is 13.2 Å². The Labute approximate surface area is 151 Å². The van der Waals surface area contributed by atoms with Crippen molar-refractivity contribution in [2.24, 2.45) is 0 Å². The summed E-state index contributed by atoms with van der Waals surface area (Å²) < 4.78 is 25.0. The molecule has 0 radical (unpaired) electrons. The van der Waals surface area contributed by atoms with Gasteiger partial charge in [-0.25, -0.2) is 8.42 Å². The number of carbonyl (C=O) groups excluding carboxylic acids is 1. The molecule has 0 fully saturated rings. The highest BCUT2D eigenvalue weighted by Crippen LogP contribution is 2.24. The van der Waals surface area contributed by atoms with E-state index in [0.29, 0.717) is 10.6 Å². The maximum absolute atomic E-state index is 12.4. The first-order valence-electron chi connectivity index (χ1n) is 6.99. The van der Waals surface area contributed by atoms with Crippen LogP contribution in [0.3, 0.4) is 0 Å². The van der Waals surface area contributed by atoms with Crippen LogP contribution in [0.2, 0.25) is 10.0 Å². The van der Waals surface area contributed by atoms with Crippen molar-refractivity contribution in [3.8, 4) is 0 Å². The first-order chi connectivity index (χ1) is 11.2. The molecular weight excluding hydrogens is 371 g/mol. The standard InChI is InChI=1S/C16H16Cl2N2O3S/c1-10(11-4-3-5-13(17)8-11)19-16(21)12-6-7-14(18)15(9-12)20-24(2,22)23/h3-10,20H,1-2H3,(H,19,21). The van der Waals surface area contributed by atoms with Crippen molar-refractivity contribution in [1.82, 2.24) is 5.32 Å². The fourth-order valence-corrected chi connectivity index (χ4v) is 3.07. The van der Waals surface area contributed by atoms with Gasteiger partial charge in [-0.2, -0.15) is 0 Å². The van der Waals surface area contributed by atoms with Gasteiger partial charge in [0.05, 0.1) is 23.0 Å². The summed E-state index contributed by atoms with van der Waals surface area (Å²) in [5, 5.41) is 3.62. The summed E-state index contributed by atoms with van der Waals surface area (Å²) >= 11 is 11.9. The van der Waals surface area contributed by atoms with E-state index in [4.69, 9.17) is 23.2 Å². The average Bonchev–Trinajstić information content (AvgIpc) is 2.48. The van der Waals surface area contributed by atoms with E-state index in [1.54, 1.807) is 18.2 Å². The first-order valence-corrected chi connectivity index (χ1v) is 9.64. The lowest BCUT2D eigenvalue weighted by Crippen LogP contribution is -2.26. The molecule has 2 aromatic carbocycles. The largest absolute Gasteiger partial charge is 0.346 e. The molecule has 2 N–H and O–H groups in total. The molecule has 1 unspecified atom stereocenters. The number of anilines is 1. The van der Waals surface area contributed by atoms with E-state index in [1.807, 2.05) is 13.0 Å². The van der Waals surface area contributed by atoms with E-state index in [-0.39, 0.29) is 22.7 Å². The van der Waals surface area contributed by atoms with E-state index < -0.39 is 10.0 Å². The predicted octanol–water partition coefficient (Wildman–Crippen LogP) is 3.86. The number of benzene rings is 2.